The highest BCUT2D eigenvalue weighted by molar-refractivity contribution is 6.10. The Bertz CT molecular complexity index is 828. The molecule has 0 radical (unpaired) electrons. The Hall–Kier alpha value is -3.35. The number of hydrogen-bond donors (Lipinski definition) is 0. The standard InChI is InChI=1S/C18H17NO6/c1-23-16-7-5-4-6-12(16)8-9-15(20)13-10-17(24-2)18(25-3)11-14(13)19(21)22/h4-11H,1-3H3/b9-8+. The van der Waals surface area contributed by atoms with Crippen LogP contribution in [-0.4, -0.2) is 32.0 Å². The molecular formula is C18H17NO6. The fourth-order valence-corrected chi connectivity index (χ4v) is 2.28. The number of nitro groups is 1. The van der Waals surface area contributed by atoms with Crippen LogP contribution in [0.15, 0.2) is 42.5 Å². The van der Waals surface area contributed by atoms with Crippen molar-refractivity contribution in [2.45, 2.75) is 0 Å². The van der Waals surface area contributed by atoms with Gasteiger partial charge < -0.3 is 14.2 Å². The molecule has 7 nitrogen and oxygen atoms in total. The number of methoxy groups -OCH3 is 3. The van der Waals surface area contributed by atoms with Crippen molar-refractivity contribution in [3.05, 3.63) is 63.7 Å². The third-order valence-corrected chi connectivity index (χ3v) is 3.52. The van der Waals surface area contributed by atoms with E-state index in [0.29, 0.717) is 11.3 Å². The Morgan fingerprint density at radius 2 is 1.60 bits per heavy atom. The van der Waals surface area contributed by atoms with Crippen molar-refractivity contribution < 1.29 is 23.9 Å². The molecule has 0 aliphatic heterocycles. The van der Waals surface area contributed by atoms with Gasteiger partial charge in [0.1, 0.15) is 11.3 Å². The number of hydrogen-bond acceptors (Lipinski definition) is 6. The third-order valence-electron chi connectivity index (χ3n) is 3.52. The van der Waals surface area contributed by atoms with E-state index in [-0.39, 0.29) is 22.7 Å². The van der Waals surface area contributed by atoms with Crippen molar-refractivity contribution >= 4 is 17.5 Å². The molecule has 0 bridgehead atoms. The van der Waals surface area contributed by atoms with Gasteiger partial charge in [-0.2, -0.15) is 0 Å². The van der Waals surface area contributed by atoms with E-state index in [4.69, 9.17) is 14.2 Å². The van der Waals surface area contributed by atoms with Crippen LogP contribution in [0.4, 0.5) is 5.69 Å². The second-order valence-corrected chi connectivity index (χ2v) is 4.92. The number of ketones is 1. The first kappa shape index (κ1) is 18.0. The largest absolute Gasteiger partial charge is 0.496 e. The molecule has 2 aromatic carbocycles. The average Bonchev–Trinajstić information content (AvgIpc) is 2.64. The number of benzene rings is 2. The molecule has 0 unspecified atom stereocenters. The Kier molecular flexibility index (Phi) is 5.73. The Morgan fingerprint density at radius 1 is 1.00 bits per heavy atom. The lowest BCUT2D eigenvalue weighted by Crippen LogP contribution is -2.03. The highest BCUT2D eigenvalue weighted by atomic mass is 16.6. The molecule has 0 aliphatic carbocycles. The number of nitrogens with zero attached hydrogens (tertiary/aromatic N) is 1. The smallest absolute Gasteiger partial charge is 0.284 e. The number of rotatable bonds is 7. The van der Waals surface area contributed by atoms with E-state index in [1.807, 2.05) is 0 Å². The number of carbonyl (C=O) groups excluding carboxylic acids is 1. The van der Waals surface area contributed by atoms with Crippen LogP contribution in [-0.2, 0) is 0 Å². The molecule has 2 aromatic rings. The molecular weight excluding hydrogens is 326 g/mol. The summed E-state index contributed by atoms with van der Waals surface area (Å²) < 4.78 is 15.4. The Morgan fingerprint density at radius 3 is 2.20 bits per heavy atom. The minimum absolute atomic E-state index is 0.0891. The maximum absolute atomic E-state index is 12.5. The zero-order chi connectivity index (χ0) is 18.4. The van der Waals surface area contributed by atoms with Gasteiger partial charge in [-0.1, -0.05) is 18.2 Å². The number of carbonyl (C=O) groups is 1. The predicted octanol–water partition coefficient (Wildman–Crippen LogP) is 3.52. The van der Waals surface area contributed by atoms with Gasteiger partial charge in [0.25, 0.3) is 5.69 Å². The molecule has 0 N–H and O–H groups in total. The monoisotopic (exact) mass is 343 g/mol. The maximum atomic E-state index is 12.5. The van der Waals surface area contributed by atoms with Crippen LogP contribution in [0.25, 0.3) is 6.08 Å². The summed E-state index contributed by atoms with van der Waals surface area (Å²) >= 11 is 0. The van der Waals surface area contributed by atoms with Crippen LogP contribution >= 0.6 is 0 Å². The fourth-order valence-electron chi connectivity index (χ4n) is 2.28. The van der Waals surface area contributed by atoms with Crippen molar-refractivity contribution in [2.75, 3.05) is 21.3 Å². The first-order chi connectivity index (χ1) is 12.0. The third kappa shape index (κ3) is 3.95. The van der Waals surface area contributed by atoms with Crippen molar-refractivity contribution in [2.24, 2.45) is 0 Å². The van der Waals surface area contributed by atoms with Crippen LogP contribution in [0.2, 0.25) is 0 Å². The zero-order valence-electron chi connectivity index (χ0n) is 14.0. The topological polar surface area (TPSA) is 87.9 Å². The molecule has 0 heterocycles. The molecule has 0 saturated heterocycles. The van der Waals surface area contributed by atoms with E-state index in [2.05, 4.69) is 0 Å². The van der Waals surface area contributed by atoms with Gasteiger partial charge in [0.2, 0.25) is 0 Å². The minimum Gasteiger partial charge on any atom is -0.496 e. The summed E-state index contributed by atoms with van der Waals surface area (Å²) in [5, 5.41) is 11.3. The fraction of sp³-hybridized carbons (Fsp3) is 0.167. The van der Waals surface area contributed by atoms with Gasteiger partial charge in [-0.3, -0.25) is 14.9 Å². The van der Waals surface area contributed by atoms with E-state index >= 15 is 0 Å². The summed E-state index contributed by atoms with van der Waals surface area (Å²) in [6.45, 7) is 0. The van der Waals surface area contributed by atoms with Crippen molar-refractivity contribution in [3.63, 3.8) is 0 Å². The lowest BCUT2D eigenvalue weighted by atomic mass is 10.1. The average molecular weight is 343 g/mol. The van der Waals surface area contributed by atoms with Gasteiger partial charge in [0, 0.05) is 11.6 Å². The van der Waals surface area contributed by atoms with E-state index in [9.17, 15) is 14.9 Å². The van der Waals surface area contributed by atoms with Crippen molar-refractivity contribution in [1.29, 1.82) is 0 Å². The normalized spacial score (nSPS) is 10.5. The number of para-hydroxylation sites is 1. The van der Waals surface area contributed by atoms with Crippen LogP contribution < -0.4 is 14.2 Å². The summed E-state index contributed by atoms with van der Waals surface area (Å²) in [6, 6.07) is 9.59. The highest BCUT2D eigenvalue weighted by Crippen LogP contribution is 2.35. The molecule has 0 atom stereocenters. The SMILES string of the molecule is COc1ccccc1/C=C/C(=O)c1cc(OC)c(OC)cc1[N+](=O)[O-]. The van der Waals surface area contributed by atoms with Gasteiger partial charge in [-0.05, 0) is 18.2 Å². The number of ether oxygens (including phenoxy) is 3. The second-order valence-electron chi connectivity index (χ2n) is 4.92. The molecule has 0 amide bonds. The Balaban J connectivity index is 2.44. The molecule has 130 valence electrons. The lowest BCUT2D eigenvalue weighted by molar-refractivity contribution is -0.385. The molecule has 0 saturated carbocycles. The van der Waals surface area contributed by atoms with Crippen molar-refractivity contribution in [1.82, 2.24) is 0 Å². The minimum atomic E-state index is -0.633. The lowest BCUT2D eigenvalue weighted by Gasteiger charge is -2.09. The van der Waals surface area contributed by atoms with Crippen LogP contribution in [0.3, 0.4) is 0 Å². The first-order valence-corrected chi connectivity index (χ1v) is 7.27. The summed E-state index contributed by atoms with van der Waals surface area (Å²) in [5.41, 5.74) is 0.239. The molecule has 7 heteroatoms. The van der Waals surface area contributed by atoms with Gasteiger partial charge in [-0.25, -0.2) is 0 Å². The van der Waals surface area contributed by atoms with Gasteiger partial charge in [-0.15, -0.1) is 0 Å². The molecule has 0 aliphatic rings. The predicted molar refractivity (Wildman–Crippen MR) is 92.6 cm³/mol. The summed E-state index contributed by atoms with van der Waals surface area (Å²) in [5.74, 6) is 0.480. The number of allylic oxidation sites excluding steroid dienone is 1. The van der Waals surface area contributed by atoms with E-state index in [1.165, 1.54) is 39.5 Å². The maximum Gasteiger partial charge on any atom is 0.284 e. The molecule has 25 heavy (non-hydrogen) atoms. The molecule has 2 rings (SSSR count). The summed E-state index contributed by atoms with van der Waals surface area (Å²) in [7, 11) is 4.28. The summed E-state index contributed by atoms with van der Waals surface area (Å²) in [6.07, 6.45) is 2.80. The van der Waals surface area contributed by atoms with Crippen molar-refractivity contribution in [3.8, 4) is 17.2 Å². The zero-order valence-corrected chi connectivity index (χ0v) is 14.0. The molecule has 0 spiro atoms. The van der Waals surface area contributed by atoms with E-state index in [0.717, 1.165) is 0 Å². The van der Waals surface area contributed by atoms with Gasteiger partial charge >= 0.3 is 0 Å². The van der Waals surface area contributed by atoms with Crippen LogP contribution in [0.5, 0.6) is 17.2 Å². The second kappa shape index (κ2) is 7.96. The Labute approximate surface area is 144 Å². The van der Waals surface area contributed by atoms with Gasteiger partial charge in [0.05, 0.1) is 32.3 Å². The summed E-state index contributed by atoms with van der Waals surface area (Å²) in [4.78, 5) is 23.1. The highest BCUT2D eigenvalue weighted by Gasteiger charge is 2.23. The number of nitro benzene ring substituents is 1. The van der Waals surface area contributed by atoms with Crippen LogP contribution in [0.1, 0.15) is 15.9 Å². The first-order valence-electron chi connectivity index (χ1n) is 7.27. The van der Waals surface area contributed by atoms with E-state index in [1.54, 1.807) is 30.3 Å². The van der Waals surface area contributed by atoms with E-state index < -0.39 is 10.7 Å². The molecule has 0 aromatic heterocycles. The molecule has 0 fully saturated rings. The quantitative estimate of drug-likeness (QED) is 0.331. The van der Waals surface area contributed by atoms with Gasteiger partial charge in [0.15, 0.2) is 17.3 Å². The van der Waals surface area contributed by atoms with Crippen LogP contribution in [0, 0.1) is 10.1 Å².